The molecule has 0 aliphatic carbocycles. The van der Waals surface area contributed by atoms with Gasteiger partial charge >= 0.3 is 0 Å². The molecule has 0 saturated carbocycles. The Hall–Kier alpha value is -0.740. The molecule has 0 fully saturated rings. The summed E-state index contributed by atoms with van der Waals surface area (Å²) in [7, 11) is 1.98. The predicted molar refractivity (Wildman–Crippen MR) is 83.5 cm³/mol. The first-order valence-electron chi connectivity index (χ1n) is 5.90. The average Bonchev–Trinajstić information content (AvgIpc) is 2.74. The molecular formula is C14H15Cl2NOS. The number of hydrogen-bond donors (Lipinski definition) is 1. The van der Waals surface area contributed by atoms with Gasteiger partial charge in [0.1, 0.15) is 0 Å². The molecule has 0 aliphatic heterocycles. The van der Waals surface area contributed by atoms with Gasteiger partial charge in [-0.15, -0.1) is 11.3 Å². The van der Waals surface area contributed by atoms with E-state index in [0.717, 1.165) is 22.1 Å². The van der Waals surface area contributed by atoms with Gasteiger partial charge < -0.3 is 10.0 Å². The van der Waals surface area contributed by atoms with Crippen molar-refractivity contribution < 1.29 is 5.11 Å². The second-order valence-corrected chi connectivity index (χ2v) is 6.66. The maximum absolute atomic E-state index is 9.53. The van der Waals surface area contributed by atoms with Gasteiger partial charge in [-0.25, -0.2) is 0 Å². The van der Waals surface area contributed by atoms with Gasteiger partial charge in [-0.3, -0.25) is 0 Å². The van der Waals surface area contributed by atoms with E-state index in [1.807, 2.05) is 31.3 Å². The summed E-state index contributed by atoms with van der Waals surface area (Å²) < 4.78 is 0.791. The second kappa shape index (κ2) is 6.14. The third kappa shape index (κ3) is 3.63. The molecule has 5 heteroatoms. The Bertz CT molecular complexity index is 568. The van der Waals surface area contributed by atoms with E-state index in [1.165, 1.54) is 4.88 Å². The normalized spacial score (nSPS) is 12.5. The lowest BCUT2D eigenvalue weighted by atomic mass is 10.1. The number of thiophene rings is 1. The number of benzene rings is 1. The van der Waals surface area contributed by atoms with Crippen LogP contribution in [0.2, 0.25) is 9.36 Å². The summed E-state index contributed by atoms with van der Waals surface area (Å²) in [6, 6.07) is 9.54. The second-order valence-electron chi connectivity index (χ2n) is 4.45. The number of rotatable bonds is 4. The van der Waals surface area contributed by atoms with Crippen molar-refractivity contribution in [2.45, 2.75) is 19.6 Å². The summed E-state index contributed by atoms with van der Waals surface area (Å²) >= 11 is 13.8. The van der Waals surface area contributed by atoms with Crippen LogP contribution in [0.25, 0.3) is 0 Å². The van der Waals surface area contributed by atoms with Crippen molar-refractivity contribution >= 4 is 40.2 Å². The SMILES string of the molecule is CC(O)c1ccc(N(C)Cc2ccc(Cl)s2)c(Cl)c1. The molecule has 1 aromatic heterocycles. The van der Waals surface area contributed by atoms with E-state index in [0.29, 0.717) is 5.02 Å². The number of anilines is 1. The van der Waals surface area contributed by atoms with E-state index in [-0.39, 0.29) is 0 Å². The predicted octanol–water partition coefficient (Wildman–Crippen LogP) is 4.74. The van der Waals surface area contributed by atoms with Crippen molar-refractivity contribution in [1.29, 1.82) is 0 Å². The number of aliphatic hydroxyl groups excluding tert-OH is 1. The van der Waals surface area contributed by atoms with Crippen LogP contribution in [-0.2, 0) is 6.54 Å². The van der Waals surface area contributed by atoms with Crippen molar-refractivity contribution in [3.05, 3.63) is 50.1 Å². The van der Waals surface area contributed by atoms with Gasteiger partial charge in [-0.05, 0) is 36.8 Å². The van der Waals surface area contributed by atoms with Gasteiger partial charge in [-0.2, -0.15) is 0 Å². The largest absolute Gasteiger partial charge is 0.389 e. The van der Waals surface area contributed by atoms with Crippen molar-refractivity contribution in [2.24, 2.45) is 0 Å². The minimum atomic E-state index is -0.507. The van der Waals surface area contributed by atoms with Gasteiger partial charge in [0.05, 0.1) is 27.7 Å². The first kappa shape index (κ1) is 14.7. The Morgan fingerprint density at radius 3 is 2.53 bits per heavy atom. The van der Waals surface area contributed by atoms with Gasteiger partial charge in [0, 0.05) is 11.9 Å². The third-order valence-electron chi connectivity index (χ3n) is 2.89. The molecule has 1 atom stereocenters. The zero-order chi connectivity index (χ0) is 14.0. The van der Waals surface area contributed by atoms with Gasteiger partial charge in [0.2, 0.25) is 0 Å². The van der Waals surface area contributed by atoms with Gasteiger partial charge in [0.15, 0.2) is 0 Å². The number of halogens is 2. The minimum absolute atomic E-state index is 0.507. The highest BCUT2D eigenvalue weighted by Crippen LogP contribution is 2.30. The summed E-state index contributed by atoms with van der Waals surface area (Å²) in [5, 5.41) is 10.2. The number of nitrogens with zero attached hydrogens (tertiary/aromatic N) is 1. The van der Waals surface area contributed by atoms with Crippen LogP contribution in [0.5, 0.6) is 0 Å². The highest BCUT2D eigenvalue weighted by atomic mass is 35.5. The van der Waals surface area contributed by atoms with Crippen LogP contribution >= 0.6 is 34.5 Å². The smallest absolute Gasteiger partial charge is 0.0931 e. The van der Waals surface area contributed by atoms with Crippen LogP contribution in [0.4, 0.5) is 5.69 Å². The molecule has 2 nitrogen and oxygen atoms in total. The molecule has 0 spiro atoms. The van der Waals surface area contributed by atoms with Crippen molar-refractivity contribution in [1.82, 2.24) is 0 Å². The van der Waals surface area contributed by atoms with E-state index in [9.17, 15) is 5.11 Å². The molecule has 2 aromatic rings. The molecule has 1 aromatic carbocycles. The van der Waals surface area contributed by atoms with Crippen molar-refractivity contribution in [3.63, 3.8) is 0 Å². The molecule has 0 amide bonds. The first-order valence-corrected chi connectivity index (χ1v) is 7.47. The first-order chi connectivity index (χ1) is 8.97. The van der Waals surface area contributed by atoms with E-state index in [2.05, 4.69) is 4.90 Å². The Morgan fingerprint density at radius 2 is 2.00 bits per heavy atom. The zero-order valence-electron chi connectivity index (χ0n) is 10.7. The minimum Gasteiger partial charge on any atom is -0.389 e. The van der Waals surface area contributed by atoms with E-state index in [4.69, 9.17) is 23.2 Å². The molecular weight excluding hydrogens is 301 g/mol. The fraction of sp³-hybridized carbons (Fsp3) is 0.286. The van der Waals surface area contributed by atoms with Crippen LogP contribution in [0, 0.1) is 0 Å². The standard InChI is InChI=1S/C14H15Cl2NOS/c1-9(18)10-3-5-13(12(15)7-10)17(2)8-11-4-6-14(16)19-11/h3-7,9,18H,8H2,1-2H3. The molecule has 1 unspecified atom stereocenters. The molecule has 1 N–H and O–H groups in total. The highest BCUT2D eigenvalue weighted by Gasteiger charge is 2.10. The van der Waals surface area contributed by atoms with Crippen LogP contribution in [0.3, 0.4) is 0 Å². The van der Waals surface area contributed by atoms with Gasteiger partial charge in [-0.1, -0.05) is 29.3 Å². The molecule has 0 bridgehead atoms. The topological polar surface area (TPSA) is 23.5 Å². The summed E-state index contributed by atoms with van der Waals surface area (Å²) in [6.07, 6.45) is -0.507. The van der Waals surface area contributed by atoms with Crippen LogP contribution in [-0.4, -0.2) is 12.2 Å². The molecule has 102 valence electrons. The summed E-state index contributed by atoms with van der Waals surface area (Å²) in [6.45, 7) is 2.48. The Labute approximate surface area is 127 Å². The van der Waals surface area contributed by atoms with E-state index >= 15 is 0 Å². The maximum Gasteiger partial charge on any atom is 0.0931 e. The average molecular weight is 316 g/mol. The molecule has 19 heavy (non-hydrogen) atoms. The fourth-order valence-corrected chi connectivity index (χ4v) is 3.32. The highest BCUT2D eigenvalue weighted by molar-refractivity contribution is 7.16. The quantitative estimate of drug-likeness (QED) is 0.880. The molecule has 1 heterocycles. The summed E-state index contributed by atoms with van der Waals surface area (Å²) in [5.41, 5.74) is 1.76. The molecule has 0 saturated heterocycles. The molecule has 0 radical (unpaired) electrons. The number of aliphatic hydroxyl groups is 1. The lowest BCUT2D eigenvalue weighted by Crippen LogP contribution is -2.16. The van der Waals surface area contributed by atoms with E-state index in [1.54, 1.807) is 24.3 Å². The van der Waals surface area contributed by atoms with Crippen LogP contribution in [0.15, 0.2) is 30.3 Å². The van der Waals surface area contributed by atoms with Crippen molar-refractivity contribution in [2.75, 3.05) is 11.9 Å². The zero-order valence-corrected chi connectivity index (χ0v) is 13.1. The Morgan fingerprint density at radius 1 is 1.26 bits per heavy atom. The third-order valence-corrected chi connectivity index (χ3v) is 4.41. The van der Waals surface area contributed by atoms with Crippen molar-refractivity contribution in [3.8, 4) is 0 Å². The fourth-order valence-electron chi connectivity index (χ4n) is 1.85. The molecule has 0 aliphatic rings. The maximum atomic E-state index is 9.53. The lowest BCUT2D eigenvalue weighted by Gasteiger charge is -2.20. The summed E-state index contributed by atoms with van der Waals surface area (Å²) in [4.78, 5) is 3.25. The Balaban J connectivity index is 2.17. The van der Waals surface area contributed by atoms with E-state index < -0.39 is 6.10 Å². The van der Waals surface area contributed by atoms with Crippen LogP contribution < -0.4 is 4.90 Å². The van der Waals surface area contributed by atoms with Crippen LogP contribution in [0.1, 0.15) is 23.5 Å². The lowest BCUT2D eigenvalue weighted by molar-refractivity contribution is 0.199. The Kier molecular flexibility index (Phi) is 4.74. The number of hydrogen-bond acceptors (Lipinski definition) is 3. The monoisotopic (exact) mass is 315 g/mol. The molecule has 2 rings (SSSR count). The van der Waals surface area contributed by atoms with Gasteiger partial charge in [0.25, 0.3) is 0 Å². The summed E-state index contributed by atoms with van der Waals surface area (Å²) in [5.74, 6) is 0.